The van der Waals surface area contributed by atoms with E-state index in [0.717, 1.165) is 5.56 Å². The van der Waals surface area contributed by atoms with Crippen molar-refractivity contribution in [1.82, 2.24) is 5.32 Å². The highest BCUT2D eigenvalue weighted by atomic mass is 16.5. The lowest BCUT2D eigenvalue weighted by Gasteiger charge is -2.22. The zero-order chi connectivity index (χ0) is 15.8. The smallest absolute Gasteiger partial charge is 0.320 e. The van der Waals surface area contributed by atoms with Crippen molar-refractivity contribution in [2.24, 2.45) is 11.7 Å². The van der Waals surface area contributed by atoms with E-state index in [9.17, 15) is 9.59 Å². The number of aliphatic carboxylic acids is 1. The standard InChI is InChI=1S/C15H22N2O4/c1-10(2)8-12(15(19)20)17-14(13(16)18)21-9-11-6-4-3-5-7-11/h3-7,10,12,14,17H,8-9H2,1-2H3,(H2,16,18)(H,19,20). The third-order valence-corrected chi connectivity index (χ3v) is 2.88. The van der Waals surface area contributed by atoms with Gasteiger partial charge in [-0.2, -0.15) is 0 Å². The van der Waals surface area contributed by atoms with E-state index in [2.05, 4.69) is 5.32 Å². The third-order valence-electron chi connectivity index (χ3n) is 2.88. The van der Waals surface area contributed by atoms with Gasteiger partial charge in [0.05, 0.1) is 6.61 Å². The molecule has 2 unspecified atom stereocenters. The zero-order valence-corrected chi connectivity index (χ0v) is 12.3. The molecule has 21 heavy (non-hydrogen) atoms. The van der Waals surface area contributed by atoms with Gasteiger partial charge in [-0.3, -0.25) is 14.9 Å². The van der Waals surface area contributed by atoms with Crippen LogP contribution >= 0.6 is 0 Å². The monoisotopic (exact) mass is 294 g/mol. The largest absolute Gasteiger partial charge is 0.480 e. The molecule has 116 valence electrons. The Labute approximate surface area is 124 Å². The Morgan fingerprint density at radius 2 is 1.90 bits per heavy atom. The molecule has 1 aromatic rings. The van der Waals surface area contributed by atoms with Gasteiger partial charge in [0.15, 0.2) is 6.23 Å². The van der Waals surface area contributed by atoms with Gasteiger partial charge in [-0.25, -0.2) is 0 Å². The number of hydrogen-bond acceptors (Lipinski definition) is 4. The number of ether oxygens (including phenoxy) is 1. The second-order valence-corrected chi connectivity index (χ2v) is 5.27. The van der Waals surface area contributed by atoms with Gasteiger partial charge in [-0.15, -0.1) is 0 Å². The van der Waals surface area contributed by atoms with Crippen LogP contribution in [0.25, 0.3) is 0 Å². The minimum Gasteiger partial charge on any atom is -0.480 e. The molecule has 0 heterocycles. The number of carbonyl (C=O) groups excluding carboxylic acids is 1. The number of amides is 1. The van der Waals surface area contributed by atoms with Crippen LogP contribution in [0.15, 0.2) is 30.3 Å². The topological polar surface area (TPSA) is 102 Å². The van der Waals surface area contributed by atoms with Gasteiger partial charge in [-0.1, -0.05) is 44.2 Å². The predicted octanol–water partition coefficient (Wildman–Crippen LogP) is 1.10. The quantitative estimate of drug-likeness (QED) is 0.592. The first-order valence-corrected chi connectivity index (χ1v) is 6.84. The number of carbonyl (C=O) groups is 2. The Morgan fingerprint density at radius 3 is 2.38 bits per heavy atom. The summed E-state index contributed by atoms with van der Waals surface area (Å²) in [6, 6.07) is 8.39. The van der Waals surface area contributed by atoms with E-state index in [1.807, 2.05) is 44.2 Å². The first-order chi connectivity index (χ1) is 9.90. The van der Waals surface area contributed by atoms with E-state index in [4.69, 9.17) is 15.6 Å². The van der Waals surface area contributed by atoms with Gasteiger partial charge < -0.3 is 15.6 Å². The molecular formula is C15H22N2O4. The Hall–Kier alpha value is -1.92. The number of nitrogens with one attached hydrogen (secondary N) is 1. The molecule has 1 rings (SSSR count). The van der Waals surface area contributed by atoms with Crippen molar-refractivity contribution >= 4 is 11.9 Å². The highest BCUT2D eigenvalue weighted by Crippen LogP contribution is 2.08. The average molecular weight is 294 g/mol. The highest BCUT2D eigenvalue weighted by molar-refractivity contribution is 5.80. The minimum absolute atomic E-state index is 0.168. The summed E-state index contributed by atoms with van der Waals surface area (Å²) in [4.78, 5) is 22.6. The molecule has 0 aromatic heterocycles. The Kier molecular flexibility index (Phi) is 6.84. The molecular weight excluding hydrogens is 272 g/mol. The second-order valence-electron chi connectivity index (χ2n) is 5.27. The molecule has 0 aliphatic carbocycles. The van der Waals surface area contributed by atoms with Crippen LogP contribution < -0.4 is 11.1 Å². The number of hydrogen-bond donors (Lipinski definition) is 3. The second kappa shape index (κ2) is 8.39. The van der Waals surface area contributed by atoms with Crippen LogP contribution in [-0.4, -0.2) is 29.3 Å². The molecule has 1 amide bonds. The van der Waals surface area contributed by atoms with Crippen molar-refractivity contribution in [2.75, 3.05) is 0 Å². The SMILES string of the molecule is CC(C)CC(NC(OCc1ccccc1)C(N)=O)C(=O)O. The van der Waals surface area contributed by atoms with Crippen LogP contribution in [0.4, 0.5) is 0 Å². The lowest BCUT2D eigenvalue weighted by atomic mass is 10.0. The molecule has 6 nitrogen and oxygen atoms in total. The minimum atomic E-state index is -1.13. The summed E-state index contributed by atoms with van der Waals surface area (Å²) in [6.45, 7) is 3.99. The van der Waals surface area contributed by atoms with Gasteiger partial charge in [0, 0.05) is 0 Å². The summed E-state index contributed by atoms with van der Waals surface area (Å²) in [6.07, 6.45) is -0.751. The molecule has 0 bridgehead atoms. The lowest BCUT2D eigenvalue weighted by molar-refractivity contribution is -0.144. The van der Waals surface area contributed by atoms with E-state index >= 15 is 0 Å². The molecule has 4 N–H and O–H groups in total. The molecule has 0 saturated carbocycles. The highest BCUT2D eigenvalue weighted by Gasteiger charge is 2.26. The Balaban J connectivity index is 2.63. The van der Waals surface area contributed by atoms with Crippen molar-refractivity contribution < 1.29 is 19.4 Å². The molecule has 1 aromatic carbocycles. The number of nitrogens with two attached hydrogens (primary N) is 1. The predicted molar refractivity (Wildman–Crippen MR) is 78.2 cm³/mol. The molecule has 0 saturated heterocycles. The van der Waals surface area contributed by atoms with E-state index < -0.39 is 24.1 Å². The van der Waals surface area contributed by atoms with E-state index in [1.54, 1.807) is 0 Å². The fraction of sp³-hybridized carbons (Fsp3) is 0.467. The van der Waals surface area contributed by atoms with Crippen LogP contribution in [0.3, 0.4) is 0 Å². The van der Waals surface area contributed by atoms with Crippen molar-refractivity contribution in [1.29, 1.82) is 0 Å². The zero-order valence-electron chi connectivity index (χ0n) is 12.3. The van der Waals surface area contributed by atoms with Gasteiger partial charge in [0.25, 0.3) is 5.91 Å². The summed E-state index contributed by atoms with van der Waals surface area (Å²) in [5.41, 5.74) is 6.14. The number of primary amides is 1. The number of carboxylic acids is 1. The van der Waals surface area contributed by atoms with Gasteiger partial charge in [0.2, 0.25) is 0 Å². The van der Waals surface area contributed by atoms with Crippen LogP contribution in [0.5, 0.6) is 0 Å². The first-order valence-electron chi connectivity index (χ1n) is 6.84. The van der Waals surface area contributed by atoms with Crippen molar-refractivity contribution in [3.63, 3.8) is 0 Å². The summed E-state index contributed by atoms with van der Waals surface area (Å²) in [5, 5.41) is 11.8. The molecule has 2 atom stereocenters. The van der Waals surface area contributed by atoms with Crippen LogP contribution in [0.2, 0.25) is 0 Å². The molecule has 0 aliphatic heterocycles. The third kappa shape index (κ3) is 6.37. The van der Waals surface area contributed by atoms with Crippen LogP contribution in [0, 0.1) is 5.92 Å². The molecule has 6 heteroatoms. The van der Waals surface area contributed by atoms with Crippen LogP contribution in [0.1, 0.15) is 25.8 Å². The summed E-state index contributed by atoms with van der Waals surface area (Å²) in [7, 11) is 0. The first kappa shape index (κ1) is 17.1. The van der Waals surface area contributed by atoms with E-state index in [-0.39, 0.29) is 12.5 Å². The molecule has 0 radical (unpaired) electrons. The average Bonchev–Trinajstić information content (AvgIpc) is 2.42. The lowest BCUT2D eigenvalue weighted by Crippen LogP contribution is -2.51. The van der Waals surface area contributed by atoms with E-state index in [1.165, 1.54) is 0 Å². The van der Waals surface area contributed by atoms with Gasteiger partial charge >= 0.3 is 5.97 Å². The summed E-state index contributed by atoms with van der Waals surface area (Å²) in [5.74, 6) is -1.60. The molecule has 0 spiro atoms. The summed E-state index contributed by atoms with van der Waals surface area (Å²) >= 11 is 0. The van der Waals surface area contributed by atoms with E-state index in [0.29, 0.717) is 6.42 Å². The van der Waals surface area contributed by atoms with Crippen molar-refractivity contribution in [3.05, 3.63) is 35.9 Å². The molecule has 0 aliphatic rings. The maximum absolute atomic E-state index is 11.4. The summed E-state index contributed by atoms with van der Waals surface area (Å²) < 4.78 is 5.40. The number of carboxylic acid groups (broad SMARTS) is 1. The maximum atomic E-state index is 11.4. The fourth-order valence-electron chi connectivity index (χ4n) is 1.86. The Bertz CT molecular complexity index is 462. The fourth-order valence-corrected chi connectivity index (χ4v) is 1.86. The normalized spacial score (nSPS) is 13.9. The molecule has 0 fully saturated rings. The van der Waals surface area contributed by atoms with Crippen LogP contribution in [-0.2, 0) is 20.9 Å². The Morgan fingerprint density at radius 1 is 1.29 bits per heavy atom. The van der Waals surface area contributed by atoms with Crippen molar-refractivity contribution in [2.45, 2.75) is 39.1 Å². The number of rotatable bonds is 9. The van der Waals surface area contributed by atoms with Gasteiger partial charge in [-0.05, 0) is 17.9 Å². The van der Waals surface area contributed by atoms with Gasteiger partial charge in [0.1, 0.15) is 6.04 Å². The number of benzene rings is 1. The van der Waals surface area contributed by atoms with Crippen molar-refractivity contribution in [3.8, 4) is 0 Å². The maximum Gasteiger partial charge on any atom is 0.320 e.